The molecule has 0 bridgehead atoms. The van der Waals surface area contributed by atoms with Crippen LogP contribution in [0.4, 0.5) is 0 Å². The van der Waals surface area contributed by atoms with Gasteiger partial charge in [-0.05, 0) is 17.7 Å². The SMILES string of the molecule is N#CN=C1NC(=O)CC(c2ccc(Br)cc2)C1C#N. The third-order valence-corrected chi connectivity index (χ3v) is 3.51. The number of hydrogen-bond acceptors (Lipinski definition) is 4. The van der Waals surface area contributed by atoms with Gasteiger partial charge in [-0.25, -0.2) is 0 Å². The zero-order chi connectivity index (χ0) is 13.8. The van der Waals surface area contributed by atoms with Gasteiger partial charge in [0, 0.05) is 16.8 Å². The van der Waals surface area contributed by atoms with Crippen LogP contribution in [0.2, 0.25) is 0 Å². The van der Waals surface area contributed by atoms with Crippen molar-refractivity contribution < 1.29 is 4.79 Å². The molecule has 0 spiro atoms. The predicted molar refractivity (Wildman–Crippen MR) is 71.8 cm³/mol. The van der Waals surface area contributed by atoms with Gasteiger partial charge in [-0.1, -0.05) is 28.1 Å². The molecule has 2 atom stereocenters. The molecule has 1 heterocycles. The zero-order valence-corrected chi connectivity index (χ0v) is 11.4. The minimum absolute atomic E-state index is 0.133. The van der Waals surface area contributed by atoms with Crippen molar-refractivity contribution in [2.24, 2.45) is 10.9 Å². The lowest BCUT2D eigenvalue weighted by atomic mass is 9.81. The van der Waals surface area contributed by atoms with Gasteiger partial charge >= 0.3 is 0 Å². The number of piperidine rings is 1. The Hall–Kier alpha value is -2.18. The maximum Gasteiger partial charge on any atom is 0.226 e. The van der Waals surface area contributed by atoms with Crippen LogP contribution in [0, 0.1) is 28.7 Å². The molecule has 1 aromatic rings. The first-order valence-corrected chi connectivity index (χ1v) is 6.36. The molecule has 0 saturated carbocycles. The minimum atomic E-state index is -0.612. The van der Waals surface area contributed by atoms with Crippen LogP contribution in [0.25, 0.3) is 0 Å². The summed E-state index contributed by atoms with van der Waals surface area (Å²) in [6, 6.07) is 9.56. The van der Waals surface area contributed by atoms with Crippen molar-refractivity contribution >= 4 is 27.7 Å². The summed E-state index contributed by atoms with van der Waals surface area (Å²) >= 11 is 3.34. The van der Waals surface area contributed by atoms with Crippen molar-refractivity contribution in [2.45, 2.75) is 12.3 Å². The third kappa shape index (κ3) is 2.81. The topological polar surface area (TPSA) is 89.0 Å². The number of benzene rings is 1. The van der Waals surface area contributed by atoms with Crippen molar-refractivity contribution in [1.82, 2.24) is 5.32 Å². The Morgan fingerprint density at radius 1 is 1.32 bits per heavy atom. The van der Waals surface area contributed by atoms with Crippen LogP contribution in [0.1, 0.15) is 17.9 Å². The molecule has 1 amide bonds. The highest BCUT2D eigenvalue weighted by molar-refractivity contribution is 9.10. The quantitative estimate of drug-likeness (QED) is 0.804. The van der Waals surface area contributed by atoms with Crippen molar-refractivity contribution in [3.8, 4) is 12.3 Å². The minimum Gasteiger partial charge on any atom is -0.312 e. The van der Waals surface area contributed by atoms with Crippen molar-refractivity contribution in [1.29, 1.82) is 10.5 Å². The standard InChI is InChI=1S/C13H9BrN4O/c14-9-3-1-8(2-4-9)10-5-12(19)18-13(17-7-16)11(10)6-15/h1-4,10-11H,5H2,(H,17,18,19). The molecule has 1 aliphatic heterocycles. The molecule has 6 heteroatoms. The van der Waals surface area contributed by atoms with E-state index in [0.717, 1.165) is 10.0 Å². The number of carbonyl (C=O) groups is 1. The van der Waals surface area contributed by atoms with Gasteiger partial charge in [0.1, 0.15) is 11.8 Å². The average molecular weight is 317 g/mol. The third-order valence-electron chi connectivity index (χ3n) is 2.98. The Morgan fingerprint density at radius 2 is 2.00 bits per heavy atom. The van der Waals surface area contributed by atoms with Crippen LogP contribution < -0.4 is 5.32 Å². The number of rotatable bonds is 1. The normalized spacial score (nSPS) is 24.4. The smallest absolute Gasteiger partial charge is 0.226 e. The number of amidine groups is 1. The van der Waals surface area contributed by atoms with Crippen LogP contribution >= 0.6 is 15.9 Å². The van der Waals surface area contributed by atoms with Crippen LogP contribution in [-0.2, 0) is 4.79 Å². The molecule has 1 saturated heterocycles. The lowest BCUT2D eigenvalue weighted by Crippen LogP contribution is -2.44. The lowest BCUT2D eigenvalue weighted by molar-refractivity contribution is -0.120. The van der Waals surface area contributed by atoms with E-state index in [1.54, 1.807) is 6.19 Å². The number of nitrogens with one attached hydrogen (secondary N) is 1. The Bertz CT molecular complexity index is 609. The Kier molecular flexibility index (Phi) is 3.94. The Morgan fingerprint density at radius 3 is 2.58 bits per heavy atom. The van der Waals surface area contributed by atoms with Gasteiger partial charge in [0.05, 0.1) is 6.07 Å². The summed E-state index contributed by atoms with van der Waals surface area (Å²) in [6.45, 7) is 0. The van der Waals surface area contributed by atoms with Gasteiger partial charge in [0.2, 0.25) is 12.1 Å². The van der Waals surface area contributed by atoms with E-state index in [1.807, 2.05) is 24.3 Å². The highest BCUT2D eigenvalue weighted by atomic mass is 79.9. The molecule has 0 aromatic heterocycles. The highest BCUT2D eigenvalue weighted by Gasteiger charge is 2.35. The Labute approximate surface area is 118 Å². The number of hydrogen-bond donors (Lipinski definition) is 1. The van der Waals surface area contributed by atoms with Gasteiger partial charge in [-0.15, -0.1) is 0 Å². The number of halogens is 1. The summed E-state index contributed by atoms with van der Waals surface area (Å²) in [5.74, 6) is -0.986. The molecule has 1 aromatic carbocycles. The summed E-state index contributed by atoms with van der Waals surface area (Å²) in [5.41, 5.74) is 0.884. The maximum absolute atomic E-state index is 11.6. The molecular weight excluding hydrogens is 308 g/mol. The van der Waals surface area contributed by atoms with Crippen LogP contribution in [0.5, 0.6) is 0 Å². The molecule has 19 heavy (non-hydrogen) atoms. The number of nitriles is 2. The van der Waals surface area contributed by atoms with Crippen LogP contribution in [0.15, 0.2) is 33.7 Å². The van der Waals surface area contributed by atoms with Gasteiger partial charge < -0.3 is 5.32 Å². The van der Waals surface area contributed by atoms with Crippen molar-refractivity contribution in [3.63, 3.8) is 0 Å². The molecule has 94 valence electrons. The number of aliphatic imine (C=N–C) groups is 1. The summed E-state index contributed by atoms with van der Waals surface area (Å²) in [6.07, 6.45) is 1.83. The molecule has 2 rings (SSSR count). The first-order valence-electron chi connectivity index (χ1n) is 5.57. The molecule has 5 nitrogen and oxygen atoms in total. The molecular formula is C13H9BrN4O. The predicted octanol–water partition coefficient (Wildman–Crippen LogP) is 2.07. The molecule has 1 aliphatic rings. The lowest BCUT2D eigenvalue weighted by Gasteiger charge is -2.28. The fourth-order valence-electron chi connectivity index (χ4n) is 2.10. The van der Waals surface area contributed by atoms with Gasteiger partial charge in [0.25, 0.3) is 0 Å². The van der Waals surface area contributed by atoms with Gasteiger partial charge in [0.15, 0.2) is 0 Å². The highest BCUT2D eigenvalue weighted by Crippen LogP contribution is 2.32. The van der Waals surface area contributed by atoms with E-state index >= 15 is 0 Å². The maximum atomic E-state index is 11.6. The fourth-order valence-corrected chi connectivity index (χ4v) is 2.37. The summed E-state index contributed by atoms with van der Waals surface area (Å²) < 4.78 is 0.927. The second-order valence-corrected chi connectivity index (χ2v) is 5.03. The zero-order valence-electron chi connectivity index (χ0n) is 9.80. The average Bonchev–Trinajstić information content (AvgIpc) is 2.39. The van der Waals surface area contributed by atoms with E-state index in [2.05, 4.69) is 32.3 Å². The summed E-state index contributed by atoms with van der Waals surface area (Å²) in [7, 11) is 0. The van der Waals surface area contributed by atoms with Crippen molar-refractivity contribution in [2.75, 3.05) is 0 Å². The van der Waals surface area contributed by atoms with E-state index in [9.17, 15) is 10.1 Å². The van der Waals surface area contributed by atoms with E-state index in [1.165, 1.54) is 0 Å². The molecule has 0 aliphatic carbocycles. The first-order chi connectivity index (χ1) is 9.15. The van der Waals surface area contributed by atoms with E-state index < -0.39 is 5.92 Å². The van der Waals surface area contributed by atoms with Gasteiger partial charge in [-0.3, -0.25) is 4.79 Å². The van der Waals surface area contributed by atoms with E-state index in [4.69, 9.17) is 5.26 Å². The second-order valence-electron chi connectivity index (χ2n) is 4.11. The number of amides is 1. The second kappa shape index (κ2) is 5.64. The van der Waals surface area contributed by atoms with Crippen LogP contribution in [-0.4, -0.2) is 11.7 Å². The first kappa shape index (κ1) is 13.3. The molecule has 1 fully saturated rings. The van der Waals surface area contributed by atoms with E-state index in [-0.39, 0.29) is 24.1 Å². The largest absolute Gasteiger partial charge is 0.312 e. The summed E-state index contributed by atoms with van der Waals surface area (Å²) in [4.78, 5) is 15.2. The number of carbonyl (C=O) groups excluding carboxylic acids is 1. The van der Waals surface area contributed by atoms with Crippen molar-refractivity contribution in [3.05, 3.63) is 34.3 Å². The van der Waals surface area contributed by atoms with Crippen LogP contribution in [0.3, 0.4) is 0 Å². The summed E-state index contributed by atoms with van der Waals surface area (Å²) in [5, 5.41) is 20.4. The molecule has 2 unspecified atom stereocenters. The van der Waals surface area contributed by atoms with Gasteiger partial charge in [-0.2, -0.15) is 15.5 Å². The molecule has 1 N–H and O–H groups in total. The molecule has 0 radical (unpaired) electrons. The fraction of sp³-hybridized carbons (Fsp3) is 0.231. The van der Waals surface area contributed by atoms with E-state index in [0.29, 0.717) is 0 Å². The number of nitrogens with zero attached hydrogens (tertiary/aromatic N) is 3. The Balaban J connectivity index is 2.40. The monoisotopic (exact) mass is 316 g/mol.